The second-order valence-corrected chi connectivity index (χ2v) is 6.47. The van der Waals surface area contributed by atoms with Gasteiger partial charge in [0.05, 0.1) is 11.4 Å². The van der Waals surface area contributed by atoms with Gasteiger partial charge in [-0.15, -0.1) is 0 Å². The minimum atomic E-state index is -0.324. The van der Waals surface area contributed by atoms with Crippen LogP contribution >= 0.6 is 35.0 Å². The summed E-state index contributed by atoms with van der Waals surface area (Å²) in [6, 6.07) is 8.62. The number of nitrogens with zero attached hydrogens (tertiary/aromatic N) is 1. The molecule has 0 unspecified atom stereocenters. The molecule has 0 spiro atoms. The Hall–Kier alpha value is -1.69. The van der Waals surface area contributed by atoms with E-state index >= 15 is 0 Å². The largest absolute Gasteiger partial charge is 0.362 e. The van der Waals surface area contributed by atoms with Crippen molar-refractivity contribution in [3.8, 4) is 0 Å². The first-order valence-corrected chi connectivity index (χ1v) is 7.94. The Morgan fingerprint density at radius 3 is 2.73 bits per heavy atom. The van der Waals surface area contributed by atoms with E-state index in [2.05, 4.69) is 4.98 Å². The molecule has 1 saturated heterocycles. The molecular formula is C15H10Cl2N2O2S. The molecule has 1 fully saturated rings. The predicted octanol–water partition coefficient (Wildman–Crippen LogP) is 4.56. The van der Waals surface area contributed by atoms with Crippen molar-refractivity contribution in [2.75, 3.05) is 0 Å². The molecule has 2 aromatic rings. The number of benzene rings is 1. The molecule has 0 atom stereocenters. The molecule has 3 rings (SSSR count). The Morgan fingerprint density at radius 2 is 2.05 bits per heavy atom. The lowest BCUT2D eigenvalue weighted by Gasteiger charge is -2.13. The number of hydrogen-bond acceptors (Lipinski definition) is 3. The summed E-state index contributed by atoms with van der Waals surface area (Å²) in [5, 5.41) is 0.628. The third-order valence-corrected chi connectivity index (χ3v) is 4.62. The first-order chi connectivity index (χ1) is 10.5. The summed E-state index contributed by atoms with van der Waals surface area (Å²) in [5.41, 5.74) is 1.45. The third-order valence-electron chi connectivity index (χ3n) is 3.13. The number of imide groups is 1. The normalized spacial score (nSPS) is 16.8. The summed E-state index contributed by atoms with van der Waals surface area (Å²) in [4.78, 5) is 28.9. The van der Waals surface area contributed by atoms with E-state index < -0.39 is 0 Å². The van der Waals surface area contributed by atoms with Crippen molar-refractivity contribution < 1.29 is 9.59 Å². The number of thioether (sulfide) groups is 1. The summed E-state index contributed by atoms with van der Waals surface area (Å²) in [6.45, 7) is 0.128. The quantitative estimate of drug-likeness (QED) is 0.823. The van der Waals surface area contributed by atoms with Crippen molar-refractivity contribution in [2.24, 2.45) is 0 Å². The van der Waals surface area contributed by atoms with Crippen molar-refractivity contribution >= 4 is 52.2 Å². The van der Waals surface area contributed by atoms with Crippen LogP contribution in [0.25, 0.3) is 6.08 Å². The monoisotopic (exact) mass is 352 g/mol. The van der Waals surface area contributed by atoms with Crippen LogP contribution in [0.4, 0.5) is 4.79 Å². The number of carbonyl (C=O) groups is 2. The topological polar surface area (TPSA) is 53.2 Å². The molecule has 22 heavy (non-hydrogen) atoms. The van der Waals surface area contributed by atoms with Gasteiger partial charge in [0.15, 0.2) is 0 Å². The van der Waals surface area contributed by atoms with Crippen LogP contribution in [0.2, 0.25) is 10.0 Å². The predicted molar refractivity (Wildman–Crippen MR) is 88.8 cm³/mol. The molecule has 0 radical (unpaired) electrons. The van der Waals surface area contributed by atoms with E-state index in [0.717, 1.165) is 17.5 Å². The highest BCUT2D eigenvalue weighted by molar-refractivity contribution is 8.18. The second kappa shape index (κ2) is 6.20. The Bertz CT molecular complexity index is 772. The number of aromatic amines is 1. The van der Waals surface area contributed by atoms with Gasteiger partial charge in [-0.3, -0.25) is 14.5 Å². The first kappa shape index (κ1) is 15.2. The van der Waals surface area contributed by atoms with Crippen molar-refractivity contribution in [3.63, 3.8) is 0 Å². The minimum absolute atomic E-state index is 0.128. The van der Waals surface area contributed by atoms with Crippen LogP contribution in [0.3, 0.4) is 0 Å². The number of amides is 2. The van der Waals surface area contributed by atoms with Crippen LogP contribution < -0.4 is 0 Å². The van der Waals surface area contributed by atoms with Gasteiger partial charge in [0.25, 0.3) is 11.1 Å². The number of aromatic nitrogens is 1. The van der Waals surface area contributed by atoms with Gasteiger partial charge in [-0.05, 0) is 47.7 Å². The van der Waals surface area contributed by atoms with Gasteiger partial charge >= 0.3 is 0 Å². The number of H-pyrrole nitrogens is 1. The van der Waals surface area contributed by atoms with E-state index in [1.54, 1.807) is 30.5 Å². The fourth-order valence-electron chi connectivity index (χ4n) is 2.03. The number of hydrogen-bond donors (Lipinski definition) is 1. The Labute approximate surface area is 141 Å². The van der Waals surface area contributed by atoms with Gasteiger partial charge in [0.2, 0.25) is 0 Å². The highest BCUT2D eigenvalue weighted by Gasteiger charge is 2.35. The molecule has 4 nitrogen and oxygen atoms in total. The summed E-state index contributed by atoms with van der Waals surface area (Å²) in [7, 11) is 0. The number of carbonyl (C=O) groups excluding carboxylic acids is 2. The molecule has 1 aromatic heterocycles. The lowest BCUT2D eigenvalue weighted by Crippen LogP contribution is -2.27. The average molecular weight is 353 g/mol. The fourth-order valence-corrected chi connectivity index (χ4v) is 3.33. The Balaban J connectivity index is 1.83. The standard InChI is InChI=1S/C15H10Cl2N2O2S/c16-10-4-3-9(12(17)6-10)8-19-14(20)13(22-15(19)21)7-11-2-1-5-18-11/h1-7,18H,8H2/b13-7-. The molecule has 0 bridgehead atoms. The van der Waals surface area contributed by atoms with Gasteiger partial charge in [0.1, 0.15) is 0 Å². The smallest absolute Gasteiger partial charge is 0.293 e. The van der Waals surface area contributed by atoms with Crippen molar-refractivity contribution in [3.05, 3.63) is 62.7 Å². The Morgan fingerprint density at radius 1 is 1.23 bits per heavy atom. The van der Waals surface area contributed by atoms with Crippen LogP contribution in [0.1, 0.15) is 11.3 Å². The number of halogens is 2. The van der Waals surface area contributed by atoms with E-state index in [-0.39, 0.29) is 17.7 Å². The first-order valence-electron chi connectivity index (χ1n) is 6.37. The van der Waals surface area contributed by atoms with Crippen LogP contribution in [0.5, 0.6) is 0 Å². The molecule has 112 valence electrons. The molecule has 1 aromatic carbocycles. The summed E-state index contributed by atoms with van der Waals surface area (Å²) in [6.07, 6.45) is 3.41. The van der Waals surface area contributed by atoms with Crippen LogP contribution in [-0.2, 0) is 11.3 Å². The van der Waals surface area contributed by atoms with E-state index in [4.69, 9.17) is 23.2 Å². The van der Waals surface area contributed by atoms with Crippen LogP contribution in [0, 0.1) is 0 Å². The van der Waals surface area contributed by atoms with E-state index in [1.165, 1.54) is 4.90 Å². The third kappa shape index (κ3) is 3.06. The van der Waals surface area contributed by atoms with Crippen molar-refractivity contribution in [1.29, 1.82) is 0 Å². The molecule has 1 N–H and O–H groups in total. The molecule has 0 saturated carbocycles. The zero-order valence-corrected chi connectivity index (χ0v) is 13.5. The number of rotatable bonds is 3. The molecule has 7 heteroatoms. The zero-order valence-electron chi connectivity index (χ0n) is 11.2. The molecule has 1 aliphatic heterocycles. The Kier molecular flexibility index (Phi) is 4.29. The molecular weight excluding hydrogens is 343 g/mol. The van der Waals surface area contributed by atoms with Crippen molar-refractivity contribution in [1.82, 2.24) is 9.88 Å². The number of nitrogens with one attached hydrogen (secondary N) is 1. The highest BCUT2D eigenvalue weighted by atomic mass is 35.5. The lowest BCUT2D eigenvalue weighted by molar-refractivity contribution is -0.123. The van der Waals surface area contributed by atoms with E-state index in [1.807, 2.05) is 12.1 Å². The summed E-state index contributed by atoms with van der Waals surface area (Å²) in [5.74, 6) is -0.324. The van der Waals surface area contributed by atoms with Gasteiger partial charge in [-0.1, -0.05) is 29.3 Å². The van der Waals surface area contributed by atoms with Crippen LogP contribution in [0.15, 0.2) is 41.4 Å². The maximum Gasteiger partial charge on any atom is 0.293 e. The molecule has 2 amide bonds. The molecule has 1 aliphatic rings. The summed E-state index contributed by atoms with van der Waals surface area (Å²) >= 11 is 12.9. The average Bonchev–Trinajstić information content (AvgIpc) is 3.06. The van der Waals surface area contributed by atoms with Gasteiger partial charge in [-0.2, -0.15) is 0 Å². The van der Waals surface area contributed by atoms with E-state index in [9.17, 15) is 9.59 Å². The zero-order chi connectivity index (χ0) is 15.7. The second-order valence-electron chi connectivity index (χ2n) is 4.63. The highest BCUT2D eigenvalue weighted by Crippen LogP contribution is 2.34. The SMILES string of the molecule is O=C1S/C(=C\c2ccc[nH]2)C(=O)N1Cc1ccc(Cl)cc1Cl. The fraction of sp³-hybridized carbons (Fsp3) is 0.0667. The van der Waals surface area contributed by atoms with Crippen LogP contribution in [-0.4, -0.2) is 21.0 Å². The lowest BCUT2D eigenvalue weighted by atomic mass is 10.2. The van der Waals surface area contributed by atoms with E-state index in [0.29, 0.717) is 20.5 Å². The molecule has 0 aliphatic carbocycles. The van der Waals surface area contributed by atoms with Gasteiger partial charge < -0.3 is 4.98 Å². The maximum absolute atomic E-state index is 12.4. The van der Waals surface area contributed by atoms with Gasteiger partial charge in [0, 0.05) is 21.9 Å². The van der Waals surface area contributed by atoms with Crippen molar-refractivity contribution in [2.45, 2.75) is 6.54 Å². The molecule has 2 heterocycles. The minimum Gasteiger partial charge on any atom is -0.362 e. The summed E-state index contributed by atoms with van der Waals surface area (Å²) < 4.78 is 0. The maximum atomic E-state index is 12.4. The van der Waals surface area contributed by atoms with Gasteiger partial charge in [-0.25, -0.2) is 0 Å².